The summed E-state index contributed by atoms with van der Waals surface area (Å²) in [6.07, 6.45) is 7.31. The van der Waals surface area contributed by atoms with Gasteiger partial charge in [0, 0.05) is 18.2 Å². The van der Waals surface area contributed by atoms with Crippen LogP contribution in [0, 0.1) is 10.1 Å². The lowest BCUT2D eigenvalue weighted by Gasteiger charge is -2.17. The third kappa shape index (κ3) is 4.10. The molecule has 1 aromatic rings. The maximum atomic E-state index is 11.3. The Kier molecular flexibility index (Phi) is 6.00. The van der Waals surface area contributed by atoms with E-state index in [2.05, 4.69) is 5.32 Å². The van der Waals surface area contributed by atoms with Gasteiger partial charge in [-0.25, -0.2) is 0 Å². The molecular formula is C16H24N2O4. The van der Waals surface area contributed by atoms with Crippen molar-refractivity contribution in [2.75, 3.05) is 14.2 Å². The van der Waals surface area contributed by atoms with E-state index >= 15 is 0 Å². The molecule has 1 aromatic carbocycles. The van der Waals surface area contributed by atoms with Crippen molar-refractivity contribution in [3.05, 3.63) is 27.8 Å². The van der Waals surface area contributed by atoms with Gasteiger partial charge in [-0.2, -0.15) is 0 Å². The molecule has 6 nitrogen and oxygen atoms in total. The topological polar surface area (TPSA) is 73.6 Å². The van der Waals surface area contributed by atoms with Gasteiger partial charge in [-0.1, -0.05) is 25.7 Å². The second-order valence-electron chi connectivity index (χ2n) is 5.66. The summed E-state index contributed by atoms with van der Waals surface area (Å²) in [5, 5.41) is 14.7. The molecular weight excluding hydrogens is 284 g/mol. The van der Waals surface area contributed by atoms with E-state index in [0.29, 0.717) is 29.6 Å². The number of hydrogen-bond acceptors (Lipinski definition) is 5. The van der Waals surface area contributed by atoms with E-state index in [4.69, 9.17) is 9.47 Å². The monoisotopic (exact) mass is 308 g/mol. The zero-order valence-corrected chi connectivity index (χ0v) is 13.3. The molecule has 0 radical (unpaired) electrons. The Morgan fingerprint density at radius 2 is 1.73 bits per heavy atom. The number of benzene rings is 1. The average molecular weight is 308 g/mol. The van der Waals surface area contributed by atoms with Crippen LogP contribution in [-0.2, 0) is 6.54 Å². The molecule has 0 atom stereocenters. The van der Waals surface area contributed by atoms with Crippen molar-refractivity contribution in [3.63, 3.8) is 0 Å². The molecule has 0 spiro atoms. The number of hydrogen-bond donors (Lipinski definition) is 1. The molecule has 6 heteroatoms. The van der Waals surface area contributed by atoms with Crippen LogP contribution >= 0.6 is 0 Å². The Balaban J connectivity index is 2.15. The van der Waals surface area contributed by atoms with Crippen molar-refractivity contribution < 1.29 is 14.4 Å². The fourth-order valence-corrected chi connectivity index (χ4v) is 2.96. The SMILES string of the molecule is COc1cc(CNC2CCCCCC2)c([N+](=O)[O-])cc1OC. The number of nitro groups is 1. The summed E-state index contributed by atoms with van der Waals surface area (Å²) < 4.78 is 10.4. The van der Waals surface area contributed by atoms with Crippen molar-refractivity contribution in [3.8, 4) is 11.5 Å². The lowest BCUT2D eigenvalue weighted by Crippen LogP contribution is -2.28. The summed E-state index contributed by atoms with van der Waals surface area (Å²) in [4.78, 5) is 10.9. The molecule has 0 amide bonds. The van der Waals surface area contributed by atoms with E-state index in [9.17, 15) is 10.1 Å². The summed E-state index contributed by atoms with van der Waals surface area (Å²) in [6, 6.07) is 3.57. The van der Waals surface area contributed by atoms with Crippen LogP contribution in [0.15, 0.2) is 12.1 Å². The number of methoxy groups -OCH3 is 2. The fourth-order valence-electron chi connectivity index (χ4n) is 2.96. The minimum absolute atomic E-state index is 0.0683. The van der Waals surface area contributed by atoms with Crippen molar-refractivity contribution in [2.24, 2.45) is 0 Å². The normalized spacial score (nSPS) is 16.1. The largest absolute Gasteiger partial charge is 0.493 e. The Bertz CT molecular complexity index is 511. The van der Waals surface area contributed by atoms with E-state index in [1.165, 1.54) is 46.0 Å². The molecule has 0 unspecified atom stereocenters. The summed E-state index contributed by atoms with van der Waals surface area (Å²) in [5.74, 6) is 0.901. The minimum Gasteiger partial charge on any atom is -0.493 e. The Morgan fingerprint density at radius 3 is 2.27 bits per heavy atom. The number of nitro benzene ring substituents is 1. The molecule has 1 saturated carbocycles. The van der Waals surface area contributed by atoms with Gasteiger partial charge in [-0.15, -0.1) is 0 Å². The first-order valence-electron chi connectivity index (χ1n) is 7.78. The van der Waals surface area contributed by atoms with Crippen LogP contribution < -0.4 is 14.8 Å². The number of nitrogens with one attached hydrogen (secondary N) is 1. The molecule has 22 heavy (non-hydrogen) atoms. The summed E-state index contributed by atoms with van der Waals surface area (Å²) >= 11 is 0. The van der Waals surface area contributed by atoms with Gasteiger partial charge in [0.25, 0.3) is 5.69 Å². The average Bonchev–Trinajstić information content (AvgIpc) is 2.80. The van der Waals surface area contributed by atoms with Crippen LogP contribution in [-0.4, -0.2) is 25.2 Å². The molecule has 1 N–H and O–H groups in total. The molecule has 0 aliphatic heterocycles. The first kappa shape index (κ1) is 16.5. The lowest BCUT2D eigenvalue weighted by molar-refractivity contribution is -0.385. The lowest BCUT2D eigenvalue weighted by atomic mass is 10.1. The third-order valence-electron chi connectivity index (χ3n) is 4.22. The quantitative estimate of drug-likeness (QED) is 0.495. The van der Waals surface area contributed by atoms with Gasteiger partial charge in [0.1, 0.15) is 0 Å². The Morgan fingerprint density at radius 1 is 1.14 bits per heavy atom. The van der Waals surface area contributed by atoms with Gasteiger partial charge in [0.05, 0.1) is 25.2 Å². The zero-order chi connectivity index (χ0) is 15.9. The molecule has 1 aliphatic rings. The van der Waals surface area contributed by atoms with Crippen molar-refractivity contribution in [2.45, 2.75) is 51.1 Å². The summed E-state index contributed by atoms with van der Waals surface area (Å²) in [7, 11) is 3.01. The van der Waals surface area contributed by atoms with E-state index in [-0.39, 0.29) is 10.6 Å². The first-order valence-corrected chi connectivity index (χ1v) is 7.78. The number of ether oxygens (including phenoxy) is 2. The molecule has 1 fully saturated rings. The van der Waals surface area contributed by atoms with Crippen LogP contribution in [0.5, 0.6) is 11.5 Å². The molecule has 2 rings (SSSR count). The predicted octanol–water partition coefficient (Wildman–Crippen LogP) is 3.42. The van der Waals surface area contributed by atoms with Gasteiger partial charge >= 0.3 is 0 Å². The standard InChI is InChI=1S/C16H24N2O4/c1-21-15-9-12(14(18(19)20)10-16(15)22-2)11-17-13-7-5-3-4-6-8-13/h9-10,13,17H,3-8,11H2,1-2H3. The second kappa shape index (κ2) is 7.98. The highest BCUT2D eigenvalue weighted by Gasteiger charge is 2.20. The van der Waals surface area contributed by atoms with Crippen LogP contribution in [0.4, 0.5) is 5.69 Å². The van der Waals surface area contributed by atoms with Crippen LogP contribution in [0.25, 0.3) is 0 Å². The smallest absolute Gasteiger partial charge is 0.277 e. The highest BCUT2D eigenvalue weighted by molar-refractivity contribution is 5.54. The van der Waals surface area contributed by atoms with Gasteiger partial charge in [0.15, 0.2) is 11.5 Å². The molecule has 0 aromatic heterocycles. The number of nitrogens with zero attached hydrogens (tertiary/aromatic N) is 1. The second-order valence-corrected chi connectivity index (χ2v) is 5.66. The highest BCUT2D eigenvalue weighted by Crippen LogP contribution is 2.34. The highest BCUT2D eigenvalue weighted by atomic mass is 16.6. The summed E-state index contributed by atoms with van der Waals surface area (Å²) in [6.45, 7) is 0.474. The van der Waals surface area contributed by atoms with Crippen LogP contribution in [0.3, 0.4) is 0 Å². The third-order valence-corrected chi connectivity index (χ3v) is 4.22. The first-order chi connectivity index (χ1) is 10.7. The molecule has 122 valence electrons. The van der Waals surface area contributed by atoms with Gasteiger partial charge < -0.3 is 14.8 Å². The van der Waals surface area contributed by atoms with Gasteiger partial charge in [0.2, 0.25) is 0 Å². The summed E-state index contributed by atoms with van der Waals surface area (Å²) in [5.41, 5.74) is 0.700. The Labute approximate surface area is 131 Å². The van der Waals surface area contributed by atoms with Crippen LogP contribution in [0.2, 0.25) is 0 Å². The zero-order valence-electron chi connectivity index (χ0n) is 13.3. The van der Waals surface area contributed by atoms with E-state index in [1.54, 1.807) is 6.07 Å². The van der Waals surface area contributed by atoms with E-state index in [0.717, 1.165) is 12.8 Å². The molecule has 0 heterocycles. The Hall–Kier alpha value is -1.82. The number of rotatable bonds is 6. The molecule has 0 saturated heterocycles. The van der Waals surface area contributed by atoms with E-state index in [1.807, 2.05) is 0 Å². The predicted molar refractivity (Wildman–Crippen MR) is 84.5 cm³/mol. The fraction of sp³-hybridized carbons (Fsp3) is 0.625. The minimum atomic E-state index is -0.369. The van der Waals surface area contributed by atoms with E-state index < -0.39 is 0 Å². The van der Waals surface area contributed by atoms with Gasteiger partial charge in [-0.3, -0.25) is 10.1 Å². The molecule has 0 bridgehead atoms. The van der Waals surface area contributed by atoms with Crippen molar-refractivity contribution in [1.82, 2.24) is 5.32 Å². The van der Waals surface area contributed by atoms with Crippen molar-refractivity contribution >= 4 is 5.69 Å². The maximum Gasteiger partial charge on any atom is 0.277 e. The maximum absolute atomic E-state index is 11.3. The van der Waals surface area contributed by atoms with Crippen LogP contribution in [0.1, 0.15) is 44.1 Å². The van der Waals surface area contributed by atoms with Gasteiger partial charge in [-0.05, 0) is 18.9 Å². The van der Waals surface area contributed by atoms with Crippen molar-refractivity contribution in [1.29, 1.82) is 0 Å². The molecule has 1 aliphatic carbocycles.